The van der Waals surface area contributed by atoms with Crippen molar-refractivity contribution in [1.29, 1.82) is 0 Å². The Morgan fingerprint density at radius 1 is 0.638 bits per heavy atom. The van der Waals surface area contributed by atoms with Gasteiger partial charge >= 0.3 is 11.9 Å². The van der Waals surface area contributed by atoms with Crippen LogP contribution in [-0.4, -0.2) is 89.0 Å². The van der Waals surface area contributed by atoms with Gasteiger partial charge in [-0.1, -0.05) is 116 Å². The molecule has 1 aliphatic rings. The molecule has 1 fully saturated rings. The Balaban J connectivity index is 2.39. The Morgan fingerprint density at radius 3 is 1.66 bits per heavy atom. The molecule has 4 N–H and O–H groups in total. The third-order valence-electron chi connectivity index (χ3n) is 8.65. The molecule has 10 nitrogen and oxygen atoms in total. The van der Waals surface area contributed by atoms with Crippen LogP contribution in [0, 0.1) is 0 Å². The quantitative estimate of drug-likeness (QED) is 0.0381. The number of hydrogen-bond donors (Lipinski definition) is 4. The second-order valence-corrected chi connectivity index (χ2v) is 13.0. The highest BCUT2D eigenvalue weighted by Gasteiger charge is 2.44. The van der Waals surface area contributed by atoms with Crippen molar-refractivity contribution in [2.24, 2.45) is 0 Å². The SMILES string of the molecule is CCCCCCCC/C=C\CCCCCCCC(=O)OC(COC(=O)CCCCCCCCC)COC1OC(CO)C(O)C(O)C1O. The van der Waals surface area contributed by atoms with E-state index in [-0.39, 0.29) is 32.0 Å². The summed E-state index contributed by atoms with van der Waals surface area (Å²) in [5.41, 5.74) is 0. The maximum Gasteiger partial charge on any atom is 0.306 e. The van der Waals surface area contributed by atoms with E-state index in [4.69, 9.17) is 18.9 Å². The van der Waals surface area contributed by atoms with Crippen molar-refractivity contribution >= 4 is 11.9 Å². The third-order valence-corrected chi connectivity index (χ3v) is 8.65. The lowest BCUT2D eigenvalue weighted by Crippen LogP contribution is -2.59. The standard InChI is InChI=1S/C37H68O10/c1-3-5-7-9-11-12-13-14-15-16-17-18-20-22-24-26-33(40)46-30(28-44-32(39)25-23-21-19-10-8-6-4-2)29-45-37-36(43)35(42)34(41)31(27-38)47-37/h14-15,30-31,34-38,41-43H,3-13,16-29H2,1-2H3/b15-14-. The fourth-order valence-electron chi connectivity index (χ4n) is 5.59. The van der Waals surface area contributed by atoms with Crippen molar-refractivity contribution in [1.82, 2.24) is 0 Å². The van der Waals surface area contributed by atoms with Gasteiger partial charge in [-0.15, -0.1) is 0 Å². The maximum absolute atomic E-state index is 12.6. The predicted molar refractivity (Wildman–Crippen MR) is 183 cm³/mol. The molecular weight excluding hydrogens is 604 g/mol. The number of esters is 2. The zero-order chi connectivity index (χ0) is 34.5. The number of allylic oxidation sites excluding steroid dienone is 2. The maximum atomic E-state index is 12.6. The lowest BCUT2D eigenvalue weighted by molar-refractivity contribution is -0.305. The van der Waals surface area contributed by atoms with Gasteiger partial charge in [-0.2, -0.15) is 0 Å². The summed E-state index contributed by atoms with van der Waals surface area (Å²) in [5.74, 6) is -0.821. The molecule has 47 heavy (non-hydrogen) atoms. The summed E-state index contributed by atoms with van der Waals surface area (Å²) in [5, 5.41) is 39.8. The molecule has 0 amide bonds. The van der Waals surface area contributed by atoms with Gasteiger partial charge in [0.25, 0.3) is 0 Å². The minimum Gasteiger partial charge on any atom is -0.462 e. The summed E-state index contributed by atoms with van der Waals surface area (Å²) in [4.78, 5) is 25.0. The summed E-state index contributed by atoms with van der Waals surface area (Å²) in [6.07, 6.45) is 19.6. The normalized spacial score (nSPS) is 22.0. The smallest absolute Gasteiger partial charge is 0.306 e. The number of aliphatic hydroxyl groups excluding tert-OH is 4. The number of unbranched alkanes of at least 4 members (excludes halogenated alkanes) is 17. The molecule has 6 atom stereocenters. The first-order chi connectivity index (χ1) is 22.8. The molecule has 6 unspecified atom stereocenters. The summed E-state index contributed by atoms with van der Waals surface area (Å²) in [6, 6.07) is 0. The molecule has 0 bridgehead atoms. The first-order valence-corrected chi connectivity index (χ1v) is 18.8. The van der Waals surface area contributed by atoms with E-state index < -0.39 is 49.4 Å². The molecule has 0 aromatic heterocycles. The molecule has 0 spiro atoms. The number of hydrogen-bond acceptors (Lipinski definition) is 10. The highest BCUT2D eigenvalue weighted by atomic mass is 16.7. The molecule has 1 saturated heterocycles. The zero-order valence-corrected chi connectivity index (χ0v) is 29.5. The van der Waals surface area contributed by atoms with E-state index in [1.807, 2.05) is 0 Å². The Labute approximate surface area is 284 Å². The minimum atomic E-state index is -1.59. The van der Waals surface area contributed by atoms with Gasteiger partial charge in [0.2, 0.25) is 0 Å². The van der Waals surface area contributed by atoms with Gasteiger partial charge in [-0.25, -0.2) is 0 Å². The molecule has 0 aliphatic carbocycles. The average Bonchev–Trinajstić information content (AvgIpc) is 3.06. The number of ether oxygens (including phenoxy) is 4. The summed E-state index contributed by atoms with van der Waals surface area (Å²) >= 11 is 0. The lowest BCUT2D eigenvalue weighted by atomic mass is 9.99. The highest BCUT2D eigenvalue weighted by Crippen LogP contribution is 2.22. The molecule has 276 valence electrons. The largest absolute Gasteiger partial charge is 0.462 e. The molecule has 0 aromatic carbocycles. The Kier molecular flexibility index (Phi) is 27.2. The van der Waals surface area contributed by atoms with Crippen molar-refractivity contribution in [3.8, 4) is 0 Å². The summed E-state index contributed by atoms with van der Waals surface area (Å²) in [7, 11) is 0. The van der Waals surface area contributed by atoms with E-state index in [0.29, 0.717) is 6.42 Å². The third kappa shape index (κ3) is 21.9. The Bertz CT molecular complexity index is 789. The highest BCUT2D eigenvalue weighted by molar-refractivity contribution is 5.70. The molecule has 1 aliphatic heterocycles. The van der Waals surface area contributed by atoms with Crippen LogP contribution >= 0.6 is 0 Å². The first kappa shape index (κ1) is 43.5. The summed E-state index contributed by atoms with van der Waals surface area (Å²) in [6.45, 7) is 3.34. The lowest BCUT2D eigenvalue weighted by Gasteiger charge is -2.39. The number of aliphatic hydroxyl groups is 4. The fourth-order valence-corrected chi connectivity index (χ4v) is 5.59. The molecule has 1 rings (SSSR count). The van der Waals surface area contributed by atoms with Crippen LogP contribution in [0.25, 0.3) is 0 Å². The van der Waals surface area contributed by atoms with Crippen LogP contribution in [0.15, 0.2) is 12.2 Å². The second-order valence-electron chi connectivity index (χ2n) is 13.0. The van der Waals surface area contributed by atoms with Gasteiger partial charge in [0.05, 0.1) is 13.2 Å². The summed E-state index contributed by atoms with van der Waals surface area (Å²) < 4.78 is 22.0. The van der Waals surface area contributed by atoms with Gasteiger partial charge in [0.15, 0.2) is 12.4 Å². The molecule has 0 saturated carbocycles. The van der Waals surface area contributed by atoms with E-state index >= 15 is 0 Å². The van der Waals surface area contributed by atoms with Crippen LogP contribution in [0.4, 0.5) is 0 Å². The monoisotopic (exact) mass is 672 g/mol. The van der Waals surface area contributed by atoms with E-state index in [9.17, 15) is 30.0 Å². The van der Waals surface area contributed by atoms with Gasteiger partial charge in [0, 0.05) is 12.8 Å². The fraction of sp³-hybridized carbons (Fsp3) is 0.892. The van der Waals surface area contributed by atoms with Gasteiger partial charge in [0.1, 0.15) is 31.0 Å². The average molecular weight is 673 g/mol. The van der Waals surface area contributed by atoms with Crippen LogP contribution in [0.3, 0.4) is 0 Å². The molecular formula is C37H68O10. The Hall–Kier alpha value is -1.56. The minimum absolute atomic E-state index is 0.217. The van der Waals surface area contributed by atoms with Crippen molar-refractivity contribution < 1.29 is 49.0 Å². The predicted octanol–water partition coefficient (Wildman–Crippen LogP) is 6.44. The zero-order valence-electron chi connectivity index (χ0n) is 29.5. The van der Waals surface area contributed by atoms with Crippen LogP contribution in [0.5, 0.6) is 0 Å². The van der Waals surface area contributed by atoms with Crippen molar-refractivity contribution in [2.45, 2.75) is 192 Å². The van der Waals surface area contributed by atoms with Crippen LogP contribution in [0.1, 0.15) is 155 Å². The number of carbonyl (C=O) groups excluding carboxylic acids is 2. The molecule has 1 heterocycles. The van der Waals surface area contributed by atoms with Crippen molar-refractivity contribution in [3.05, 3.63) is 12.2 Å². The molecule has 0 radical (unpaired) electrons. The van der Waals surface area contributed by atoms with Gasteiger partial charge in [-0.05, 0) is 38.5 Å². The first-order valence-electron chi connectivity index (χ1n) is 18.8. The van der Waals surface area contributed by atoms with E-state index in [2.05, 4.69) is 26.0 Å². The van der Waals surface area contributed by atoms with Crippen LogP contribution in [0.2, 0.25) is 0 Å². The van der Waals surface area contributed by atoms with E-state index in [1.165, 1.54) is 64.2 Å². The van der Waals surface area contributed by atoms with Crippen LogP contribution < -0.4 is 0 Å². The van der Waals surface area contributed by atoms with E-state index in [1.54, 1.807) is 0 Å². The van der Waals surface area contributed by atoms with Crippen LogP contribution in [-0.2, 0) is 28.5 Å². The Morgan fingerprint density at radius 2 is 1.13 bits per heavy atom. The van der Waals surface area contributed by atoms with Crippen molar-refractivity contribution in [2.75, 3.05) is 19.8 Å². The molecule has 10 heteroatoms. The second kappa shape index (κ2) is 29.4. The topological polar surface area (TPSA) is 152 Å². The van der Waals surface area contributed by atoms with Gasteiger partial charge < -0.3 is 39.4 Å². The number of carbonyl (C=O) groups is 2. The van der Waals surface area contributed by atoms with Crippen molar-refractivity contribution in [3.63, 3.8) is 0 Å². The van der Waals surface area contributed by atoms with E-state index in [0.717, 1.165) is 57.8 Å². The van der Waals surface area contributed by atoms with Gasteiger partial charge in [-0.3, -0.25) is 9.59 Å². The molecule has 0 aromatic rings. The number of rotatable bonds is 30.